The molecule has 2 aromatic heterocycles. The van der Waals surface area contributed by atoms with Gasteiger partial charge in [-0.2, -0.15) is 0 Å². The second-order valence-corrected chi connectivity index (χ2v) is 16.1. The Morgan fingerprint density at radius 3 is 2.51 bits per heavy atom. The molecule has 274 valence electrons. The van der Waals surface area contributed by atoms with Gasteiger partial charge in [-0.1, -0.05) is 47.7 Å². The van der Waals surface area contributed by atoms with Crippen molar-refractivity contribution in [3.63, 3.8) is 0 Å². The van der Waals surface area contributed by atoms with Crippen molar-refractivity contribution in [3.8, 4) is 16.9 Å². The smallest absolute Gasteiger partial charge is 0.358 e. The number of carbonyl (C=O) groups excluding carboxylic acids is 3. The van der Waals surface area contributed by atoms with Crippen molar-refractivity contribution in [1.82, 2.24) is 9.97 Å². The van der Waals surface area contributed by atoms with E-state index in [4.69, 9.17) is 14.5 Å². The minimum absolute atomic E-state index is 0.109. The molecule has 1 N–H and O–H groups in total. The third-order valence-corrected chi connectivity index (χ3v) is 11.1. The summed E-state index contributed by atoms with van der Waals surface area (Å²) in [5.74, 6) is 1.31. The van der Waals surface area contributed by atoms with Crippen LogP contribution in [0, 0.1) is 12.8 Å². The van der Waals surface area contributed by atoms with Crippen molar-refractivity contribution in [2.75, 3.05) is 16.8 Å². The van der Waals surface area contributed by atoms with Gasteiger partial charge < -0.3 is 19.2 Å². The number of nitrogens with one attached hydrogen (secondary N) is 1. The zero-order valence-corrected chi connectivity index (χ0v) is 31.6. The molecule has 3 heterocycles. The van der Waals surface area contributed by atoms with E-state index < -0.39 is 11.6 Å². The molecular formula is C43H46N4O5S. The number of aldehydes is 1. The second kappa shape index (κ2) is 15.5. The number of para-hydroxylation sites is 1. The summed E-state index contributed by atoms with van der Waals surface area (Å²) in [5, 5.41) is 3.58. The fourth-order valence-corrected chi connectivity index (χ4v) is 8.32. The molecule has 1 aliphatic heterocycles. The fraction of sp³-hybridized carbons (Fsp3) is 0.372. The van der Waals surface area contributed by atoms with Crippen molar-refractivity contribution in [3.05, 3.63) is 101 Å². The summed E-state index contributed by atoms with van der Waals surface area (Å²) < 4.78 is 13.5. The van der Waals surface area contributed by atoms with E-state index in [0.717, 1.165) is 83.0 Å². The number of hydrogen-bond donors (Lipinski definition) is 1. The van der Waals surface area contributed by atoms with Crippen molar-refractivity contribution < 1.29 is 23.9 Å². The van der Waals surface area contributed by atoms with Crippen LogP contribution in [0.25, 0.3) is 21.3 Å². The van der Waals surface area contributed by atoms with Gasteiger partial charge in [0, 0.05) is 30.6 Å². The minimum Gasteiger partial charge on any atom is -0.490 e. The summed E-state index contributed by atoms with van der Waals surface area (Å²) in [6.07, 6.45) is 7.44. The van der Waals surface area contributed by atoms with E-state index in [2.05, 4.69) is 21.3 Å². The Hall–Kier alpha value is -5.09. The lowest BCUT2D eigenvalue weighted by atomic mass is 9.84. The number of benzene rings is 3. The highest BCUT2D eigenvalue weighted by Gasteiger charge is 2.29. The number of pyridine rings is 1. The van der Waals surface area contributed by atoms with Crippen molar-refractivity contribution in [2.24, 2.45) is 5.92 Å². The predicted molar refractivity (Wildman–Crippen MR) is 210 cm³/mol. The number of ether oxygens (including phenoxy) is 2. The van der Waals surface area contributed by atoms with Gasteiger partial charge in [0.15, 0.2) is 10.8 Å². The maximum Gasteiger partial charge on any atom is 0.358 e. The summed E-state index contributed by atoms with van der Waals surface area (Å²) in [5.41, 5.74) is 5.49. The normalized spacial score (nSPS) is 17.2. The molecular weight excluding hydrogens is 685 g/mol. The molecule has 0 bridgehead atoms. The van der Waals surface area contributed by atoms with E-state index in [1.807, 2.05) is 94.4 Å². The molecule has 9 nitrogen and oxygen atoms in total. The highest BCUT2D eigenvalue weighted by Crippen LogP contribution is 2.37. The molecule has 0 atom stereocenters. The van der Waals surface area contributed by atoms with E-state index in [1.165, 1.54) is 11.3 Å². The molecule has 1 saturated carbocycles. The molecule has 1 fully saturated rings. The molecule has 1 amide bonds. The van der Waals surface area contributed by atoms with Gasteiger partial charge in [-0.25, -0.2) is 14.8 Å². The van der Waals surface area contributed by atoms with Gasteiger partial charge >= 0.3 is 5.97 Å². The van der Waals surface area contributed by atoms with Gasteiger partial charge in [-0.3, -0.25) is 10.1 Å². The zero-order chi connectivity index (χ0) is 37.1. The number of esters is 1. The van der Waals surface area contributed by atoms with Crippen LogP contribution in [0.2, 0.25) is 0 Å². The van der Waals surface area contributed by atoms with Crippen molar-refractivity contribution >= 4 is 50.7 Å². The standard InChI is InChI=1S/C43H46N4O5S/c1-27-31(12-8-15-36(27)51-30-19-17-28(18-20-30)10-9-25-48)32-21-22-38(45-39(32)41(50)52-43(2,3)4)47-24-23-29-11-7-13-33(34(29)26-47)40(49)46-42-44-35-14-5-6-16-37(35)53-42/h5-8,11-16,21-22,25,28,30H,9-10,17-20,23-24,26H2,1-4H3,(H,44,46,49)/t28-,30-. The van der Waals surface area contributed by atoms with E-state index >= 15 is 0 Å². The maximum absolute atomic E-state index is 13.9. The number of carbonyl (C=O) groups is 3. The molecule has 1 aliphatic carbocycles. The number of anilines is 2. The average molecular weight is 731 g/mol. The number of hydrogen-bond acceptors (Lipinski definition) is 9. The SMILES string of the molecule is Cc1c(O[C@H]2CC[C@H](CCC=O)CC2)cccc1-c1ccc(N2CCc3cccc(C(=O)Nc4nc5ccccc5s4)c3C2)nc1C(=O)OC(C)(C)C. The second-order valence-electron chi connectivity index (χ2n) is 15.1. The Morgan fingerprint density at radius 1 is 0.943 bits per heavy atom. The van der Waals surface area contributed by atoms with Gasteiger partial charge in [0.2, 0.25) is 0 Å². The Balaban J connectivity index is 1.15. The summed E-state index contributed by atoms with van der Waals surface area (Å²) in [4.78, 5) is 50.1. The van der Waals surface area contributed by atoms with Gasteiger partial charge in [0.1, 0.15) is 23.5 Å². The van der Waals surface area contributed by atoms with E-state index in [0.29, 0.717) is 47.5 Å². The number of thiazole rings is 1. The number of rotatable bonds is 10. The largest absolute Gasteiger partial charge is 0.490 e. The monoisotopic (exact) mass is 730 g/mol. The lowest BCUT2D eigenvalue weighted by molar-refractivity contribution is -0.108. The molecule has 53 heavy (non-hydrogen) atoms. The Kier molecular flexibility index (Phi) is 10.6. The molecule has 0 radical (unpaired) electrons. The predicted octanol–water partition coefficient (Wildman–Crippen LogP) is 9.35. The molecule has 10 heteroatoms. The molecule has 5 aromatic rings. The first-order valence-electron chi connectivity index (χ1n) is 18.5. The average Bonchev–Trinajstić information content (AvgIpc) is 3.56. The first-order valence-corrected chi connectivity index (χ1v) is 19.3. The summed E-state index contributed by atoms with van der Waals surface area (Å²) in [6, 6.07) is 23.5. The van der Waals surface area contributed by atoms with Crippen molar-refractivity contribution in [2.45, 2.75) is 90.9 Å². The summed E-state index contributed by atoms with van der Waals surface area (Å²) in [6.45, 7) is 8.71. The summed E-state index contributed by atoms with van der Waals surface area (Å²) >= 11 is 1.45. The Morgan fingerprint density at radius 2 is 1.74 bits per heavy atom. The Bertz CT molecular complexity index is 2110. The van der Waals surface area contributed by atoms with Crippen LogP contribution in [0.15, 0.2) is 72.8 Å². The van der Waals surface area contributed by atoms with Gasteiger partial charge in [0.05, 0.1) is 16.3 Å². The van der Waals surface area contributed by atoms with Crippen molar-refractivity contribution in [1.29, 1.82) is 0 Å². The van der Waals surface area contributed by atoms with Gasteiger partial charge in [-0.15, -0.1) is 0 Å². The topological polar surface area (TPSA) is 111 Å². The Labute approximate surface area is 314 Å². The zero-order valence-electron chi connectivity index (χ0n) is 30.8. The molecule has 0 saturated heterocycles. The highest BCUT2D eigenvalue weighted by atomic mass is 32.1. The lowest BCUT2D eigenvalue weighted by Gasteiger charge is -2.31. The first kappa shape index (κ1) is 36.3. The van der Waals surface area contributed by atoms with Crippen LogP contribution in [-0.2, 0) is 22.5 Å². The molecule has 0 unspecified atom stereocenters. The lowest BCUT2D eigenvalue weighted by Crippen LogP contribution is -2.33. The van der Waals surface area contributed by atoms with Crippen LogP contribution >= 0.6 is 11.3 Å². The van der Waals surface area contributed by atoms with E-state index in [1.54, 1.807) is 0 Å². The summed E-state index contributed by atoms with van der Waals surface area (Å²) in [7, 11) is 0. The molecule has 2 aliphatic rings. The van der Waals surface area contributed by atoms with Crippen LogP contribution in [0.3, 0.4) is 0 Å². The van der Waals surface area contributed by atoms with Crippen LogP contribution in [-0.4, -0.2) is 46.4 Å². The first-order chi connectivity index (χ1) is 25.6. The van der Waals surface area contributed by atoms with Crippen LogP contribution < -0.4 is 15.0 Å². The minimum atomic E-state index is -0.716. The van der Waals surface area contributed by atoms with Crippen LogP contribution in [0.5, 0.6) is 5.75 Å². The quantitative estimate of drug-likeness (QED) is 0.112. The van der Waals surface area contributed by atoms with Gasteiger partial charge in [0.25, 0.3) is 5.91 Å². The van der Waals surface area contributed by atoms with Crippen LogP contribution in [0.4, 0.5) is 10.9 Å². The third-order valence-electron chi connectivity index (χ3n) is 10.2. The van der Waals surface area contributed by atoms with E-state index in [-0.39, 0.29) is 17.7 Å². The number of amides is 1. The fourth-order valence-electron chi connectivity index (χ4n) is 7.46. The number of nitrogens with zero attached hydrogens (tertiary/aromatic N) is 3. The molecule has 0 spiro atoms. The van der Waals surface area contributed by atoms with Gasteiger partial charge in [-0.05, 0) is 131 Å². The maximum atomic E-state index is 13.9. The highest BCUT2D eigenvalue weighted by molar-refractivity contribution is 7.22. The van der Waals surface area contributed by atoms with Crippen LogP contribution in [0.1, 0.15) is 96.8 Å². The number of fused-ring (bicyclic) bond motifs is 2. The number of aromatic nitrogens is 2. The molecule has 7 rings (SSSR count). The van der Waals surface area contributed by atoms with E-state index in [9.17, 15) is 14.4 Å². The third kappa shape index (κ3) is 8.28. The molecule has 3 aromatic carbocycles.